The van der Waals surface area contributed by atoms with Gasteiger partial charge in [-0.05, 0) is 50.0 Å². The van der Waals surface area contributed by atoms with Gasteiger partial charge in [-0.25, -0.2) is 4.98 Å². The minimum Gasteiger partial charge on any atom is -0.463 e. The third kappa shape index (κ3) is 4.92. The molecular formula is C22H31N3O4S. The molecule has 1 saturated carbocycles. The molecule has 164 valence electrons. The van der Waals surface area contributed by atoms with Gasteiger partial charge in [0.05, 0.1) is 11.9 Å². The Kier molecular flexibility index (Phi) is 6.55. The van der Waals surface area contributed by atoms with Crippen molar-refractivity contribution in [3.8, 4) is 0 Å². The number of aromatic amines is 1. The second kappa shape index (κ2) is 9.16. The number of aryl methyl sites for hydroxylation is 1. The number of aromatic nitrogens is 2. The number of ether oxygens (including phenoxy) is 1. The second-order valence-electron chi connectivity index (χ2n) is 8.79. The Morgan fingerprint density at radius 2 is 2.20 bits per heavy atom. The summed E-state index contributed by atoms with van der Waals surface area (Å²) in [6.45, 7) is 5.05. The molecule has 0 unspecified atom stereocenters. The molecule has 2 aromatic heterocycles. The number of hydrogen-bond donors (Lipinski definition) is 2. The summed E-state index contributed by atoms with van der Waals surface area (Å²) in [6.07, 6.45) is 5.59. The average molecular weight is 434 g/mol. The molecule has 8 heteroatoms. The van der Waals surface area contributed by atoms with E-state index in [1.54, 1.807) is 11.3 Å². The third-order valence-corrected chi connectivity index (χ3v) is 7.11. The lowest BCUT2D eigenvalue weighted by molar-refractivity contribution is -0.147. The summed E-state index contributed by atoms with van der Waals surface area (Å²) >= 11 is 1.66. The van der Waals surface area contributed by atoms with Crippen LogP contribution in [-0.2, 0) is 28.9 Å². The number of nitrogens with one attached hydrogen (secondary N) is 1. The summed E-state index contributed by atoms with van der Waals surface area (Å²) in [6, 6.07) is 0.379. The van der Waals surface area contributed by atoms with Gasteiger partial charge < -0.3 is 14.8 Å². The topological polar surface area (TPSA) is 95.5 Å². The van der Waals surface area contributed by atoms with Crippen LogP contribution in [0.5, 0.6) is 0 Å². The molecule has 0 saturated heterocycles. The zero-order chi connectivity index (χ0) is 21.3. The number of aliphatic hydroxyl groups is 1. The first kappa shape index (κ1) is 21.5. The number of H-pyrrole nitrogens is 1. The predicted octanol–water partition coefficient (Wildman–Crippen LogP) is 2.78. The molecule has 2 aliphatic carbocycles. The number of carbonyl (C=O) groups excluding carboxylic acids is 1. The van der Waals surface area contributed by atoms with Crippen molar-refractivity contribution in [2.24, 2.45) is 5.92 Å². The predicted molar refractivity (Wildman–Crippen MR) is 117 cm³/mol. The van der Waals surface area contributed by atoms with Gasteiger partial charge in [0.2, 0.25) is 0 Å². The largest absolute Gasteiger partial charge is 0.463 e. The van der Waals surface area contributed by atoms with Crippen molar-refractivity contribution in [1.82, 2.24) is 14.9 Å². The van der Waals surface area contributed by atoms with E-state index >= 15 is 0 Å². The van der Waals surface area contributed by atoms with E-state index in [0.717, 1.165) is 48.7 Å². The van der Waals surface area contributed by atoms with Gasteiger partial charge in [0.15, 0.2) is 0 Å². The molecule has 30 heavy (non-hydrogen) atoms. The normalized spacial score (nSPS) is 19.8. The molecule has 2 heterocycles. The Morgan fingerprint density at radius 3 is 2.93 bits per heavy atom. The van der Waals surface area contributed by atoms with E-state index in [4.69, 9.17) is 9.72 Å². The van der Waals surface area contributed by atoms with Crippen LogP contribution in [0.3, 0.4) is 0 Å². The van der Waals surface area contributed by atoms with E-state index in [1.807, 2.05) is 6.92 Å². The maximum atomic E-state index is 12.8. The van der Waals surface area contributed by atoms with Gasteiger partial charge in [-0.2, -0.15) is 0 Å². The van der Waals surface area contributed by atoms with Gasteiger partial charge in [-0.3, -0.25) is 14.5 Å². The van der Waals surface area contributed by atoms with E-state index in [-0.39, 0.29) is 18.1 Å². The Morgan fingerprint density at radius 1 is 1.40 bits per heavy atom. The van der Waals surface area contributed by atoms with Crippen molar-refractivity contribution in [3.63, 3.8) is 0 Å². The van der Waals surface area contributed by atoms with E-state index in [1.165, 1.54) is 10.4 Å². The van der Waals surface area contributed by atoms with Crippen LogP contribution in [0, 0.1) is 5.92 Å². The number of fused-ring (bicyclic) bond motifs is 3. The summed E-state index contributed by atoms with van der Waals surface area (Å²) in [7, 11) is 0. The SMILES string of the molecule is CCCC(=O)OC[C@H](O)CN(Cc1nc2sc3c(c2c(=O)[nH]1)CC[C@H](C)C3)C1CC1. The molecule has 0 amide bonds. The zero-order valence-corrected chi connectivity index (χ0v) is 18.6. The van der Waals surface area contributed by atoms with Gasteiger partial charge in [0, 0.05) is 23.9 Å². The van der Waals surface area contributed by atoms with Crippen LogP contribution in [0.25, 0.3) is 10.2 Å². The molecule has 2 aromatic rings. The van der Waals surface area contributed by atoms with E-state index in [0.29, 0.717) is 37.3 Å². The molecule has 7 nitrogen and oxygen atoms in total. The van der Waals surface area contributed by atoms with Gasteiger partial charge in [-0.15, -0.1) is 11.3 Å². The second-order valence-corrected chi connectivity index (χ2v) is 9.88. The number of thiophene rings is 1. The quantitative estimate of drug-likeness (QED) is 0.591. The Bertz CT molecular complexity index is 965. The van der Waals surface area contributed by atoms with E-state index < -0.39 is 6.10 Å². The van der Waals surface area contributed by atoms with Crippen LogP contribution in [-0.4, -0.2) is 51.2 Å². The minimum atomic E-state index is -0.752. The summed E-state index contributed by atoms with van der Waals surface area (Å²) in [5.74, 6) is 1.02. The number of rotatable bonds is 9. The highest BCUT2D eigenvalue weighted by Gasteiger charge is 2.31. The maximum Gasteiger partial charge on any atom is 0.305 e. The van der Waals surface area contributed by atoms with Crippen LogP contribution in [0.4, 0.5) is 0 Å². The van der Waals surface area contributed by atoms with Crippen molar-refractivity contribution < 1.29 is 14.6 Å². The van der Waals surface area contributed by atoms with Crippen molar-refractivity contribution in [1.29, 1.82) is 0 Å². The Balaban J connectivity index is 1.46. The van der Waals surface area contributed by atoms with Gasteiger partial charge >= 0.3 is 5.97 Å². The zero-order valence-electron chi connectivity index (χ0n) is 17.8. The summed E-state index contributed by atoms with van der Waals surface area (Å²) < 4.78 is 5.14. The molecule has 2 atom stereocenters. The highest BCUT2D eigenvalue weighted by Crippen LogP contribution is 2.36. The summed E-state index contributed by atoms with van der Waals surface area (Å²) in [5.41, 5.74) is 1.14. The lowest BCUT2D eigenvalue weighted by Gasteiger charge is -2.24. The first-order valence-electron chi connectivity index (χ1n) is 11.1. The molecule has 0 radical (unpaired) electrons. The first-order valence-corrected chi connectivity index (χ1v) is 11.9. The highest BCUT2D eigenvalue weighted by molar-refractivity contribution is 7.18. The van der Waals surface area contributed by atoms with Crippen molar-refractivity contribution in [2.75, 3.05) is 13.2 Å². The Labute approximate surface area is 180 Å². The molecule has 0 aliphatic heterocycles. The Hall–Kier alpha value is -1.77. The number of carbonyl (C=O) groups is 1. The van der Waals surface area contributed by atoms with Crippen LogP contribution in [0.1, 0.15) is 62.2 Å². The number of hydrogen-bond acceptors (Lipinski definition) is 7. The van der Waals surface area contributed by atoms with Crippen molar-refractivity contribution >= 4 is 27.5 Å². The van der Waals surface area contributed by atoms with Crippen LogP contribution in [0.15, 0.2) is 4.79 Å². The molecule has 1 fully saturated rings. The highest BCUT2D eigenvalue weighted by atomic mass is 32.1. The fourth-order valence-electron chi connectivity index (χ4n) is 4.23. The molecule has 0 spiro atoms. The third-order valence-electron chi connectivity index (χ3n) is 5.97. The average Bonchev–Trinajstić information content (AvgIpc) is 3.47. The van der Waals surface area contributed by atoms with Crippen LogP contribution < -0.4 is 5.56 Å². The fraction of sp³-hybridized carbons (Fsp3) is 0.682. The monoisotopic (exact) mass is 433 g/mol. The number of nitrogens with zero attached hydrogens (tertiary/aromatic N) is 2. The smallest absolute Gasteiger partial charge is 0.305 e. The minimum absolute atomic E-state index is 0.000859. The first-order chi connectivity index (χ1) is 14.4. The van der Waals surface area contributed by atoms with Gasteiger partial charge in [-0.1, -0.05) is 13.8 Å². The standard InChI is InChI=1S/C22H31N3O4S/c1-3-4-19(27)29-12-15(26)10-25(14-6-7-14)11-18-23-21(28)20-16-8-5-13(2)9-17(16)30-22(20)24-18/h13-15,26H,3-12H2,1-2H3,(H,23,24,28)/t13-,15+/m0/s1. The molecule has 2 aliphatic rings. The van der Waals surface area contributed by atoms with E-state index in [2.05, 4.69) is 16.8 Å². The van der Waals surface area contributed by atoms with Crippen LogP contribution in [0.2, 0.25) is 0 Å². The molecule has 4 rings (SSSR count). The van der Waals surface area contributed by atoms with Crippen molar-refractivity contribution in [2.45, 2.75) is 77.5 Å². The molecule has 0 bridgehead atoms. The lowest BCUT2D eigenvalue weighted by atomic mass is 9.89. The fourth-order valence-corrected chi connectivity index (χ4v) is 5.63. The molecule has 0 aromatic carbocycles. The summed E-state index contributed by atoms with van der Waals surface area (Å²) in [4.78, 5) is 36.4. The molecule has 2 N–H and O–H groups in total. The van der Waals surface area contributed by atoms with Crippen molar-refractivity contribution in [3.05, 3.63) is 26.6 Å². The lowest BCUT2D eigenvalue weighted by Crippen LogP contribution is -2.37. The van der Waals surface area contributed by atoms with Crippen LogP contribution >= 0.6 is 11.3 Å². The number of aliphatic hydroxyl groups excluding tert-OH is 1. The number of esters is 1. The summed E-state index contributed by atoms with van der Waals surface area (Å²) in [5, 5.41) is 11.1. The maximum absolute atomic E-state index is 12.8. The van der Waals surface area contributed by atoms with E-state index in [9.17, 15) is 14.7 Å². The van der Waals surface area contributed by atoms with Gasteiger partial charge in [0.1, 0.15) is 23.4 Å². The molecular weight excluding hydrogens is 402 g/mol. The van der Waals surface area contributed by atoms with Gasteiger partial charge in [0.25, 0.3) is 5.56 Å².